The van der Waals surface area contributed by atoms with Crippen molar-refractivity contribution < 1.29 is 4.84 Å². The Morgan fingerprint density at radius 1 is 1.27 bits per heavy atom. The lowest BCUT2D eigenvalue weighted by molar-refractivity contribution is 0.169. The van der Waals surface area contributed by atoms with Crippen LogP contribution in [0, 0.1) is 0 Å². The molecule has 11 heavy (non-hydrogen) atoms. The molecule has 0 aliphatic heterocycles. The topological polar surface area (TPSA) is 31.2 Å². The summed E-state index contributed by atoms with van der Waals surface area (Å²) in [6.45, 7) is 0. The molecular weight excluding hydrogens is 142 g/mol. The quantitative estimate of drug-likeness (QED) is 0.591. The van der Waals surface area contributed by atoms with Crippen molar-refractivity contribution in [1.82, 2.24) is 4.73 Å². The van der Waals surface area contributed by atoms with Crippen LogP contribution in [0.4, 0.5) is 0 Å². The zero-order chi connectivity index (χ0) is 7.84. The van der Waals surface area contributed by atoms with Gasteiger partial charge in [0, 0.05) is 5.39 Å². The SMILES string of the molecule is COn1c(=O)c2ccc1cc2. The van der Waals surface area contributed by atoms with Crippen LogP contribution in [0.25, 0.3) is 10.9 Å². The van der Waals surface area contributed by atoms with Crippen molar-refractivity contribution in [3.8, 4) is 0 Å². The standard InChI is InChI=1S/C8H7NO2/c1-11-9-7-4-2-6(3-5-7)8(9)10/h2-5H,1H3. The molecule has 0 spiro atoms. The van der Waals surface area contributed by atoms with Gasteiger partial charge in [0.15, 0.2) is 0 Å². The van der Waals surface area contributed by atoms with Crippen molar-refractivity contribution in [1.29, 1.82) is 0 Å². The van der Waals surface area contributed by atoms with Crippen LogP contribution in [0.2, 0.25) is 0 Å². The van der Waals surface area contributed by atoms with E-state index in [9.17, 15) is 4.79 Å². The van der Waals surface area contributed by atoms with Crippen molar-refractivity contribution in [2.24, 2.45) is 0 Å². The molecule has 0 N–H and O–H groups in total. The fourth-order valence-corrected chi connectivity index (χ4v) is 1.16. The van der Waals surface area contributed by atoms with E-state index >= 15 is 0 Å². The Hall–Kier alpha value is -1.51. The molecule has 0 unspecified atom stereocenters. The van der Waals surface area contributed by atoms with Crippen LogP contribution in [-0.2, 0) is 0 Å². The van der Waals surface area contributed by atoms with Crippen molar-refractivity contribution in [2.45, 2.75) is 0 Å². The van der Waals surface area contributed by atoms with Crippen molar-refractivity contribution >= 4 is 10.9 Å². The molecule has 3 heteroatoms. The average molecular weight is 149 g/mol. The highest BCUT2D eigenvalue weighted by Gasteiger charge is 2.02. The number of nitrogens with zero attached hydrogens (tertiary/aromatic N) is 1. The van der Waals surface area contributed by atoms with Crippen LogP contribution in [-0.4, -0.2) is 11.8 Å². The normalized spacial score (nSPS) is 10.6. The van der Waals surface area contributed by atoms with Gasteiger partial charge >= 0.3 is 0 Å². The van der Waals surface area contributed by atoms with Gasteiger partial charge in [-0.05, 0) is 24.3 Å². The summed E-state index contributed by atoms with van der Waals surface area (Å²) >= 11 is 0. The maximum Gasteiger partial charge on any atom is 0.290 e. The predicted molar refractivity (Wildman–Crippen MR) is 41.9 cm³/mol. The minimum absolute atomic E-state index is 0.0903. The van der Waals surface area contributed by atoms with Gasteiger partial charge in [0.1, 0.15) is 7.11 Å². The number of aromatic nitrogens is 1. The molecule has 2 aromatic heterocycles. The Balaban J connectivity index is 2.95. The summed E-state index contributed by atoms with van der Waals surface area (Å²) in [6.07, 6.45) is 0. The minimum Gasteiger partial charge on any atom is -0.413 e. The fourth-order valence-electron chi connectivity index (χ4n) is 1.16. The third kappa shape index (κ3) is 0.707. The summed E-state index contributed by atoms with van der Waals surface area (Å²) < 4.78 is 1.27. The second-order valence-electron chi connectivity index (χ2n) is 2.33. The van der Waals surface area contributed by atoms with E-state index in [1.807, 2.05) is 12.1 Å². The molecule has 0 radical (unpaired) electrons. The Kier molecular flexibility index (Phi) is 1.12. The van der Waals surface area contributed by atoms with Gasteiger partial charge in [-0.3, -0.25) is 4.79 Å². The van der Waals surface area contributed by atoms with Crippen LogP contribution in [0.3, 0.4) is 0 Å². The summed E-state index contributed by atoms with van der Waals surface area (Å²) in [6, 6.07) is 7.26. The molecule has 0 fully saturated rings. The molecule has 0 aliphatic carbocycles. The molecule has 1 aromatic carbocycles. The van der Waals surface area contributed by atoms with Crippen molar-refractivity contribution in [2.75, 3.05) is 7.11 Å². The summed E-state index contributed by atoms with van der Waals surface area (Å²) in [5.41, 5.74) is 0.694. The van der Waals surface area contributed by atoms with E-state index in [-0.39, 0.29) is 5.56 Å². The van der Waals surface area contributed by atoms with Gasteiger partial charge in [-0.2, -0.15) is 0 Å². The van der Waals surface area contributed by atoms with Crippen molar-refractivity contribution in [3.05, 3.63) is 34.6 Å². The molecule has 0 saturated heterocycles. The number of fused-ring (bicyclic) bond motifs is 3. The van der Waals surface area contributed by atoms with Crippen LogP contribution < -0.4 is 10.4 Å². The first-order valence-corrected chi connectivity index (χ1v) is 3.31. The monoisotopic (exact) mass is 149 g/mol. The molecule has 2 bridgehead atoms. The zero-order valence-corrected chi connectivity index (χ0v) is 6.07. The van der Waals surface area contributed by atoms with Crippen LogP contribution in [0.15, 0.2) is 29.1 Å². The van der Waals surface area contributed by atoms with Crippen LogP contribution >= 0.6 is 0 Å². The second kappa shape index (κ2) is 1.99. The Morgan fingerprint density at radius 3 is 2.27 bits per heavy atom. The number of rotatable bonds is 1. The third-order valence-corrected chi connectivity index (χ3v) is 1.72. The molecule has 0 saturated carbocycles. The second-order valence-corrected chi connectivity index (χ2v) is 2.33. The predicted octanol–water partition coefficient (Wildman–Crippen LogP) is 0.498. The van der Waals surface area contributed by atoms with E-state index < -0.39 is 0 Å². The Labute approximate surface area is 63.1 Å². The number of hydrogen-bond donors (Lipinski definition) is 0. The minimum atomic E-state index is -0.0903. The smallest absolute Gasteiger partial charge is 0.290 e. The first-order chi connectivity index (χ1) is 5.33. The maximum atomic E-state index is 11.3. The fraction of sp³-hybridized carbons (Fsp3) is 0.125. The van der Waals surface area contributed by atoms with E-state index in [2.05, 4.69) is 0 Å². The van der Waals surface area contributed by atoms with E-state index in [0.29, 0.717) is 5.39 Å². The molecule has 0 aliphatic rings. The van der Waals surface area contributed by atoms with E-state index in [0.717, 1.165) is 5.52 Å². The molecule has 3 aromatic rings. The zero-order valence-electron chi connectivity index (χ0n) is 6.07. The van der Waals surface area contributed by atoms with Gasteiger partial charge in [0.05, 0.1) is 5.52 Å². The highest BCUT2D eigenvalue weighted by atomic mass is 16.6. The molecule has 3 rings (SSSR count). The van der Waals surface area contributed by atoms with Gasteiger partial charge in [0.2, 0.25) is 0 Å². The summed E-state index contributed by atoms with van der Waals surface area (Å²) in [4.78, 5) is 16.1. The molecule has 0 atom stereocenters. The molecule has 56 valence electrons. The van der Waals surface area contributed by atoms with Crippen molar-refractivity contribution in [3.63, 3.8) is 0 Å². The van der Waals surface area contributed by atoms with Gasteiger partial charge < -0.3 is 4.84 Å². The Bertz CT molecular complexity index is 398. The van der Waals surface area contributed by atoms with E-state index in [1.54, 1.807) is 12.1 Å². The maximum absolute atomic E-state index is 11.3. The molecule has 2 heterocycles. The molecular formula is C8H7NO2. The third-order valence-electron chi connectivity index (χ3n) is 1.72. The summed E-state index contributed by atoms with van der Waals surface area (Å²) in [5, 5.41) is 0.668. The van der Waals surface area contributed by atoms with Gasteiger partial charge in [-0.1, -0.05) is 0 Å². The lowest BCUT2D eigenvalue weighted by Crippen LogP contribution is -2.25. The van der Waals surface area contributed by atoms with Gasteiger partial charge in [-0.15, -0.1) is 4.73 Å². The van der Waals surface area contributed by atoms with Crippen LogP contribution in [0.5, 0.6) is 0 Å². The van der Waals surface area contributed by atoms with E-state index in [1.165, 1.54) is 11.8 Å². The van der Waals surface area contributed by atoms with Gasteiger partial charge in [0.25, 0.3) is 5.56 Å². The number of hydrogen-bond acceptors (Lipinski definition) is 2. The highest BCUT2D eigenvalue weighted by molar-refractivity contribution is 5.63. The molecule has 0 amide bonds. The van der Waals surface area contributed by atoms with Crippen LogP contribution in [0.1, 0.15) is 0 Å². The lowest BCUT2D eigenvalue weighted by Gasteiger charge is -2.07. The average Bonchev–Trinajstić information content (AvgIpc) is 2.06. The summed E-state index contributed by atoms with van der Waals surface area (Å²) in [5.74, 6) is 0. The first kappa shape index (κ1) is 6.22. The number of benzene rings is 1. The summed E-state index contributed by atoms with van der Waals surface area (Å²) in [7, 11) is 1.48. The van der Waals surface area contributed by atoms with E-state index in [4.69, 9.17) is 4.84 Å². The first-order valence-electron chi connectivity index (χ1n) is 3.31. The lowest BCUT2D eigenvalue weighted by atomic mass is 10.2. The highest BCUT2D eigenvalue weighted by Crippen LogP contribution is 2.04. The molecule has 3 nitrogen and oxygen atoms in total. The number of pyridine rings is 2. The largest absolute Gasteiger partial charge is 0.413 e. The Morgan fingerprint density at radius 2 is 1.91 bits per heavy atom. The van der Waals surface area contributed by atoms with Gasteiger partial charge in [-0.25, -0.2) is 0 Å².